The van der Waals surface area contributed by atoms with Gasteiger partial charge in [0.15, 0.2) is 6.67 Å². The fourth-order valence-corrected chi connectivity index (χ4v) is 0.719. The summed E-state index contributed by atoms with van der Waals surface area (Å²) in [5, 5.41) is 0. The van der Waals surface area contributed by atoms with Crippen molar-refractivity contribution in [3.63, 3.8) is 0 Å². The van der Waals surface area contributed by atoms with Crippen LogP contribution in [0, 0.1) is 0 Å². The average Bonchev–Trinajstić information content (AvgIpc) is 2.17. The highest BCUT2D eigenvalue weighted by molar-refractivity contribution is 5.41. The van der Waals surface area contributed by atoms with E-state index >= 15 is 0 Å². The first-order valence-corrected chi connectivity index (χ1v) is 3.66. The maximum Gasteiger partial charge on any atom is 0.346 e. The molecule has 0 spiro atoms. The second kappa shape index (κ2) is 4.13. The minimum absolute atomic E-state index is 0.454. The molecule has 13 heavy (non-hydrogen) atoms. The monoisotopic (exact) mass is 190 g/mol. The van der Waals surface area contributed by atoms with E-state index in [1.165, 1.54) is 0 Å². The second-order valence-corrected chi connectivity index (χ2v) is 2.45. The molecule has 0 amide bonds. The van der Waals surface area contributed by atoms with Crippen LogP contribution in [0.25, 0.3) is 0 Å². The molecule has 0 aliphatic rings. The summed E-state index contributed by atoms with van der Waals surface area (Å²) in [6.07, 6.45) is 0. The number of benzene rings is 1. The van der Waals surface area contributed by atoms with Crippen LogP contribution in [0.1, 0.15) is 0 Å². The molecule has 0 heterocycles. The van der Waals surface area contributed by atoms with E-state index in [0.717, 1.165) is 0 Å². The number of anilines is 1. The summed E-state index contributed by atoms with van der Waals surface area (Å²) in [5.74, 6) is 0. The summed E-state index contributed by atoms with van der Waals surface area (Å²) in [4.78, 5) is 0. The van der Waals surface area contributed by atoms with Crippen molar-refractivity contribution in [2.75, 3.05) is 12.1 Å². The van der Waals surface area contributed by atoms with Gasteiger partial charge >= 0.3 is 6.05 Å². The van der Waals surface area contributed by atoms with Crippen LogP contribution >= 0.6 is 0 Å². The molecule has 72 valence electrons. The van der Waals surface area contributed by atoms with Crippen LogP contribution < -0.4 is 10.9 Å². The highest BCUT2D eigenvalue weighted by Crippen LogP contribution is 2.10. The molecule has 1 aromatic rings. The van der Waals surface area contributed by atoms with Crippen molar-refractivity contribution >= 4 is 5.69 Å². The lowest BCUT2D eigenvalue weighted by molar-refractivity contribution is -0.0482. The Kier molecular flexibility index (Phi) is 3.13. The zero-order valence-electron chi connectivity index (χ0n) is 6.73. The van der Waals surface area contributed by atoms with Crippen molar-refractivity contribution in [2.45, 2.75) is 6.05 Å². The largest absolute Gasteiger partial charge is 0.346 e. The fraction of sp³-hybridized carbons (Fsp3) is 0.250. The van der Waals surface area contributed by atoms with Gasteiger partial charge in [-0.2, -0.15) is 14.2 Å². The van der Waals surface area contributed by atoms with Crippen molar-refractivity contribution < 1.29 is 13.2 Å². The summed E-state index contributed by atoms with van der Waals surface area (Å²) >= 11 is 0. The lowest BCUT2D eigenvalue weighted by atomic mass is 10.3. The molecule has 0 aliphatic heterocycles. The van der Waals surface area contributed by atoms with Gasteiger partial charge < -0.3 is 5.43 Å². The van der Waals surface area contributed by atoms with Gasteiger partial charge in [0.1, 0.15) is 0 Å². The Morgan fingerprint density at radius 2 is 1.77 bits per heavy atom. The SMILES string of the molecule is FCC(F)(F)NNc1ccccc1. The van der Waals surface area contributed by atoms with Crippen LogP contribution in [-0.4, -0.2) is 12.7 Å². The van der Waals surface area contributed by atoms with Crippen LogP contribution in [-0.2, 0) is 0 Å². The van der Waals surface area contributed by atoms with Gasteiger partial charge in [0, 0.05) is 5.69 Å². The number of rotatable bonds is 4. The molecule has 1 aromatic carbocycles. The number of hydrogen-bond acceptors (Lipinski definition) is 2. The highest BCUT2D eigenvalue weighted by atomic mass is 19.3. The van der Waals surface area contributed by atoms with E-state index < -0.39 is 12.7 Å². The zero-order valence-corrected chi connectivity index (χ0v) is 6.73. The van der Waals surface area contributed by atoms with Gasteiger partial charge in [0.25, 0.3) is 0 Å². The van der Waals surface area contributed by atoms with Gasteiger partial charge in [0.05, 0.1) is 0 Å². The Balaban J connectivity index is 2.44. The van der Waals surface area contributed by atoms with E-state index in [0.29, 0.717) is 5.69 Å². The molecule has 1 rings (SSSR count). The molecule has 0 bridgehead atoms. The maximum atomic E-state index is 12.3. The van der Waals surface area contributed by atoms with E-state index in [1.807, 2.05) is 0 Å². The minimum Gasteiger partial charge on any atom is -0.317 e. The Hall–Kier alpha value is -1.23. The van der Waals surface area contributed by atoms with Crippen LogP contribution in [0.4, 0.5) is 18.9 Å². The predicted octanol–water partition coefficient (Wildman–Crippen LogP) is 2.17. The zero-order chi connectivity index (χ0) is 9.73. The molecule has 0 saturated heterocycles. The van der Waals surface area contributed by atoms with Crippen LogP contribution in [0.3, 0.4) is 0 Å². The lowest BCUT2D eigenvalue weighted by Gasteiger charge is -2.15. The average molecular weight is 190 g/mol. The maximum absolute atomic E-state index is 12.3. The van der Waals surface area contributed by atoms with Crippen molar-refractivity contribution in [1.29, 1.82) is 0 Å². The molecular weight excluding hydrogens is 181 g/mol. The third-order valence-electron chi connectivity index (χ3n) is 1.33. The van der Waals surface area contributed by atoms with Gasteiger partial charge in [-0.15, -0.1) is 0 Å². The predicted molar refractivity (Wildman–Crippen MR) is 44.1 cm³/mol. The third-order valence-corrected chi connectivity index (χ3v) is 1.33. The van der Waals surface area contributed by atoms with Crippen LogP contribution in [0.2, 0.25) is 0 Å². The molecular formula is C8H9F3N2. The van der Waals surface area contributed by atoms with Crippen LogP contribution in [0.5, 0.6) is 0 Å². The normalized spacial score (nSPS) is 11.3. The van der Waals surface area contributed by atoms with Gasteiger partial charge in [-0.05, 0) is 12.1 Å². The minimum atomic E-state index is -3.53. The topological polar surface area (TPSA) is 24.1 Å². The second-order valence-electron chi connectivity index (χ2n) is 2.45. The van der Waals surface area contributed by atoms with Crippen molar-refractivity contribution in [3.8, 4) is 0 Å². The van der Waals surface area contributed by atoms with E-state index in [-0.39, 0.29) is 0 Å². The first kappa shape index (κ1) is 9.85. The smallest absolute Gasteiger partial charge is 0.317 e. The molecule has 0 saturated carbocycles. The number of halogens is 3. The molecule has 0 radical (unpaired) electrons. The third kappa shape index (κ3) is 3.33. The summed E-state index contributed by atoms with van der Waals surface area (Å²) in [6, 6.07) is 4.74. The van der Waals surface area contributed by atoms with Gasteiger partial charge in [0.2, 0.25) is 0 Å². The first-order valence-electron chi connectivity index (χ1n) is 3.66. The highest BCUT2D eigenvalue weighted by Gasteiger charge is 2.27. The Bertz CT molecular complexity index is 251. The Morgan fingerprint density at radius 3 is 2.31 bits per heavy atom. The quantitative estimate of drug-likeness (QED) is 0.561. The molecule has 0 fully saturated rings. The van der Waals surface area contributed by atoms with E-state index in [1.54, 1.807) is 35.8 Å². The standard InChI is InChI=1S/C8H9F3N2/c9-6-8(10,11)13-12-7-4-2-1-3-5-7/h1-5,12-13H,6H2. The van der Waals surface area contributed by atoms with E-state index in [4.69, 9.17) is 0 Å². The molecule has 0 unspecified atom stereocenters. The number of alkyl halides is 3. The summed E-state index contributed by atoms with van der Waals surface area (Å²) in [7, 11) is 0. The molecule has 0 aromatic heterocycles. The van der Waals surface area contributed by atoms with Gasteiger partial charge in [-0.25, -0.2) is 4.39 Å². The first-order chi connectivity index (χ1) is 6.14. The summed E-state index contributed by atoms with van der Waals surface area (Å²) in [5.41, 5.74) is 4.22. The molecule has 2 nitrogen and oxygen atoms in total. The van der Waals surface area contributed by atoms with Crippen molar-refractivity contribution in [2.24, 2.45) is 0 Å². The van der Waals surface area contributed by atoms with E-state index in [2.05, 4.69) is 5.43 Å². The molecule has 0 aliphatic carbocycles. The molecule has 5 heteroatoms. The number of nitrogens with one attached hydrogen (secondary N) is 2. The number of hydrazine groups is 1. The van der Waals surface area contributed by atoms with Crippen molar-refractivity contribution in [3.05, 3.63) is 30.3 Å². The van der Waals surface area contributed by atoms with Gasteiger partial charge in [-0.3, -0.25) is 0 Å². The van der Waals surface area contributed by atoms with Crippen LogP contribution in [0.15, 0.2) is 30.3 Å². The molecule has 0 atom stereocenters. The Labute approximate surface area is 73.7 Å². The van der Waals surface area contributed by atoms with Crippen molar-refractivity contribution in [1.82, 2.24) is 5.43 Å². The fourth-order valence-electron chi connectivity index (χ4n) is 0.719. The van der Waals surface area contributed by atoms with Gasteiger partial charge in [-0.1, -0.05) is 18.2 Å². The summed E-state index contributed by atoms with van der Waals surface area (Å²) < 4.78 is 36.2. The van der Waals surface area contributed by atoms with E-state index in [9.17, 15) is 13.2 Å². The number of para-hydroxylation sites is 1. The molecule has 2 N–H and O–H groups in total. The number of hydrogen-bond donors (Lipinski definition) is 2. The lowest BCUT2D eigenvalue weighted by Crippen LogP contribution is -2.42. The Morgan fingerprint density at radius 1 is 1.15 bits per heavy atom. The summed E-state index contributed by atoms with van der Waals surface area (Å²) in [6.45, 7) is -1.74.